The van der Waals surface area contributed by atoms with E-state index >= 15 is 0 Å². The molecule has 1 aliphatic carbocycles. The molecule has 26 heavy (non-hydrogen) atoms. The van der Waals surface area contributed by atoms with E-state index in [0.717, 1.165) is 54.2 Å². The van der Waals surface area contributed by atoms with Gasteiger partial charge in [-0.1, -0.05) is 46.5 Å². The van der Waals surface area contributed by atoms with E-state index in [9.17, 15) is 9.90 Å². The Morgan fingerprint density at radius 2 is 2.04 bits per heavy atom. The summed E-state index contributed by atoms with van der Waals surface area (Å²) in [7, 11) is 0. The first-order chi connectivity index (χ1) is 12.5. The van der Waals surface area contributed by atoms with Crippen LogP contribution in [0.3, 0.4) is 0 Å². The molecule has 0 amide bonds. The van der Waals surface area contributed by atoms with Crippen molar-refractivity contribution in [3.63, 3.8) is 0 Å². The Hall–Kier alpha value is -1.77. The number of phenolic OH excluding ortho intramolecular Hbond substituents is 1. The highest BCUT2D eigenvalue weighted by molar-refractivity contribution is 5.89. The lowest BCUT2D eigenvalue weighted by molar-refractivity contribution is 0.460. The molecule has 0 bridgehead atoms. The molecule has 3 rings (SSSR count). The van der Waals surface area contributed by atoms with Crippen LogP contribution in [0.4, 0.5) is 0 Å². The maximum Gasteiger partial charge on any atom is 0.339 e. The van der Waals surface area contributed by atoms with E-state index in [4.69, 9.17) is 4.42 Å². The van der Waals surface area contributed by atoms with Crippen LogP contribution in [0.2, 0.25) is 0 Å². The summed E-state index contributed by atoms with van der Waals surface area (Å²) in [5, 5.41) is 11.5. The van der Waals surface area contributed by atoms with Crippen molar-refractivity contribution >= 4 is 11.0 Å². The van der Waals surface area contributed by atoms with Crippen LogP contribution in [-0.2, 0) is 12.8 Å². The van der Waals surface area contributed by atoms with Crippen LogP contribution in [-0.4, -0.2) is 5.11 Å². The smallest absolute Gasteiger partial charge is 0.339 e. The van der Waals surface area contributed by atoms with Crippen LogP contribution in [0, 0.1) is 5.92 Å². The molecule has 2 aromatic rings. The third-order valence-electron chi connectivity index (χ3n) is 6.05. The normalized spacial score (nSPS) is 17.6. The van der Waals surface area contributed by atoms with E-state index in [1.807, 2.05) is 12.1 Å². The number of unbranched alkanes of at least 4 members (excludes halogenated alkanes) is 2. The topological polar surface area (TPSA) is 50.4 Å². The fraction of sp³-hybridized carbons (Fsp3) is 0.609. The van der Waals surface area contributed by atoms with Crippen molar-refractivity contribution < 1.29 is 9.52 Å². The summed E-state index contributed by atoms with van der Waals surface area (Å²) in [6.07, 6.45) is 9.85. The van der Waals surface area contributed by atoms with Gasteiger partial charge in [0.25, 0.3) is 0 Å². The molecule has 1 aromatic carbocycles. The number of fused-ring (bicyclic) bond motifs is 3. The standard InChI is InChI=1S/C23H32O3/c1-4-6-7-8-15(3)9-10-16-13-19(24)22-20(14-16)26-23(25)18-12-11-17(5-2)21(18)22/h13-15,17,24H,4-12H2,1-3H3. The van der Waals surface area contributed by atoms with Crippen molar-refractivity contribution in [1.82, 2.24) is 0 Å². The molecular weight excluding hydrogens is 324 g/mol. The SMILES string of the molecule is CCCCCC(C)CCc1cc(O)c2c3c(c(=O)oc2c1)CCC3CC. The average Bonchev–Trinajstić information content (AvgIpc) is 3.04. The Morgan fingerprint density at radius 1 is 1.23 bits per heavy atom. The molecule has 142 valence electrons. The van der Waals surface area contributed by atoms with Gasteiger partial charge < -0.3 is 9.52 Å². The predicted molar refractivity (Wildman–Crippen MR) is 107 cm³/mol. The zero-order chi connectivity index (χ0) is 18.7. The molecule has 0 aliphatic heterocycles. The van der Waals surface area contributed by atoms with Gasteiger partial charge in [0.15, 0.2) is 0 Å². The number of phenols is 1. The second kappa shape index (κ2) is 8.28. The van der Waals surface area contributed by atoms with Crippen molar-refractivity contribution in [3.05, 3.63) is 39.2 Å². The van der Waals surface area contributed by atoms with Gasteiger partial charge in [-0.25, -0.2) is 4.79 Å². The summed E-state index contributed by atoms with van der Waals surface area (Å²) in [5.41, 5.74) is 3.22. The molecule has 1 N–H and O–H groups in total. The third kappa shape index (κ3) is 3.82. The largest absolute Gasteiger partial charge is 0.507 e. The van der Waals surface area contributed by atoms with Crippen LogP contribution in [0.1, 0.15) is 88.3 Å². The first-order valence-corrected chi connectivity index (χ1v) is 10.4. The summed E-state index contributed by atoms with van der Waals surface area (Å²) in [6, 6.07) is 3.85. The number of benzene rings is 1. The zero-order valence-corrected chi connectivity index (χ0v) is 16.4. The Morgan fingerprint density at radius 3 is 2.77 bits per heavy atom. The Bertz CT molecular complexity index is 818. The summed E-state index contributed by atoms with van der Waals surface area (Å²) >= 11 is 0. The molecule has 1 aromatic heterocycles. The number of rotatable bonds is 8. The van der Waals surface area contributed by atoms with Crippen LogP contribution in [0.15, 0.2) is 21.3 Å². The Balaban J connectivity index is 1.85. The van der Waals surface area contributed by atoms with Crippen molar-refractivity contribution in [3.8, 4) is 5.75 Å². The second-order valence-electron chi connectivity index (χ2n) is 8.05. The van der Waals surface area contributed by atoms with Gasteiger partial charge in [0, 0.05) is 5.56 Å². The van der Waals surface area contributed by atoms with Crippen molar-refractivity contribution in [1.29, 1.82) is 0 Å². The maximum absolute atomic E-state index is 12.4. The highest BCUT2D eigenvalue weighted by Crippen LogP contribution is 2.42. The zero-order valence-electron chi connectivity index (χ0n) is 16.4. The first-order valence-electron chi connectivity index (χ1n) is 10.4. The summed E-state index contributed by atoms with van der Waals surface area (Å²) in [4.78, 5) is 12.4. The van der Waals surface area contributed by atoms with E-state index in [0.29, 0.717) is 17.4 Å². The van der Waals surface area contributed by atoms with Crippen LogP contribution < -0.4 is 5.63 Å². The molecule has 1 aliphatic rings. The van der Waals surface area contributed by atoms with Gasteiger partial charge >= 0.3 is 5.63 Å². The maximum atomic E-state index is 12.4. The van der Waals surface area contributed by atoms with Crippen LogP contribution >= 0.6 is 0 Å². The molecular formula is C23H32O3. The molecule has 0 saturated heterocycles. The molecule has 3 heteroatoms. The van der Waals surface area contributed by atoms with Crippen molar-refractivity contribution in [2.24, 2.45) is 5.92 Å². The third-order valence-corrected chi connectivity index (χ3v) is 6.05. The lowest BCUT2D eigenvalue weighted by atomic mass is 9.92. The highest BCUT2D eigenvalue weighted by atomic mass is 16.4. The highest BCUT2D eigenvalue weighted by Gasteiger charge is 2.29. The summed E-state index contributed by atoms with van der Waals surface area (Å²) in [6.45, 7) is 6.68. The number of aromatic hydroxyl groups is 1. The van der Waals surface area contributed by atoms with Gasteiger partial charge in [0.2, 0.25) is 0 Å². The molecule has 0 fully saturated rings. The van der Waals surface area contributed by atoms with Crippen LogP contribution in [0.5, 0.6) is 5.75 Å². The fourth-order valence-electron chi connectivity index (χ4n) is 4.43. The van der Waals surface area contributed by atoms with Gasteiger partial charge in [-0.05, 0) is 67.2 Å². The molecule has 0 spiro atoms. The van der Waals surface area contributed by atoms with Crippen LogP contribution in [0.25, 0.3) is 11.0 Å². The first kappa shape index (κ1) is 19.0. The minimum Gasteiger partial charge on any atom is -0.507 e. The van der Waals surface area contributed by atoms with E-state index < -0.39 is 0 Å². The fourth-order valence-corrected chi connectivity index (χ4v) is 4.43. The van der Waals surface area contributed by atoms with Crippen molar-refractivity contribution in [2.75, 3.05) is 0 Å². The van der Waals surface area contributed by atoms with E-state index in [1.165, 1.54) is 25.7 Å². The lowest BCUT2D eigenvalue weighted by Crippen LogP contribution is -2.08. The van der Waals surface area contributed by atoms with E-state index in [1.54, 1.807) is 0 Å². The molecule has 2 atom stereocenters. The van der Waals surface area contributed by atoms with Gasteiger partial charge in [0.05, 0.1) is 5.39 Å². The Labute approximate surface area is 156 Å². The molecule has 0 radical (unpaired) electrons. The van der Waals surface area contributed by atoms with Gasteiger partial charge in [-0.2, -0.15) is 0 Å². The van der Waals surface area contributed by atoms with Gasteiger partial charge in [-0.15, -0.1) is 0 Å². The molecule has 3 nitrogen and oxygen atoms in total. The lowest BCUT2D eigenvalue weighted by Gasteiger charge is -2.14. The quantitative estimate of drug-likeness (QED) is 0.460. The number of hydrogen-bond donors (Lipinski definition) is 1. The minimum absolute atomic E-state index is 0.215. The predicted octanol–water partition coefficient (Wildman–Crippen LogP) is 6.09. The van der Waals surface area contributed by atoms with E-state index in [-0.39, 0.29) is 11.4 Å². The Kier molecular flexibility index (Phi) is 6.05. The average molecular weight is 357 g/mol. The van der Waals surface area contributed by atoms with Crippen molar-refractivity contribution in [2.45, 2.75) is 84.5 Å². The van der Waals surface area contributed by atoms with E-state index in [2.05, 4.69) is 20.8 Å². The van der Waals surface area contributed by atoms with Gasteiger partial charge in [0.1, 0.15) is 11.3 Å². The minimum atomic E-state index is -0.215. The molecule has 1 heterocycles. The number of aryl methyl sites for hydroxylation is 1. The van der Waals surface area contributed by atoms with Gasteiger partial charge in [-0.3, -0.25) is 0 Å². The monoisotopic (exact) mass is 356 g/mol. The number of hydrogen-bond acceptors (Lipinski definition) is 3. The second-order valence-corrected chi connectivity index (χ2v) is 8.05. The summed E-state index contributed by atoms with van der Waals surface area (Å²) in [5.74, 6) is 1.30. The molecule has 2 unspecified atom stereocenters. The molecule has 0 saturated carbocycles. The summed E-state index contributed by atoms with van der Waals surface area (Å²) < 4.78 is 5.59.